The van der Waals surface area contributed by atoms with Gasteiger partial charge in [0.25, 0.3) is 0 Å². The molecule has 4 N–H and O–H groups in total. The molecule has 0 radical (unpaired) electrons. The third-order valence-electron chi connectivity index (χ3n) is 1.59. The van der Waals surface area contributed by atoms with Gasteiger partial charge in [0.15, 0.2) is 5.96 Å². The van der Waals surface area contributed by atoms with Gasteiger partial charge in [-0.05, 0) is 12.1 Å². The molecule has 0 spiro atoms. The number of benzene rings is 1. The minimum atomic E-state index is 0.0560. The lowest BCUT2D eigenvalue weighted by atomic mass is 10.3. The molecule has 0 unspecified atom stereocenters. The Balaban J connectivity index is 2.68. The van der Waals surface area contributed by atoms with Crippen LogP contribution >= 0.6 is 11.3 Å². The summed E-state index contributed by atoms with van der Waals surface area (Å²) in [5, 5.41) is 0. The predicted molar refractivity (Wildman–Crippen MR) is 55.1 cm³/mol. The summed E-state index contributed by atoms with van der Waals surface area (Å²) in [7, 11) is 0. The third-order valence-corrected chi connectivity index (χ3v) is 2.38. The molecule has 1 aromatic carbocycles. The first-order valence-corrected chi connectivity index (χ1v) is 4.57. The van der Waals surface area contributed by atoms with Crippen LogP contribution in [0.2, 0.25) is 0 Å². The van der Waals surface area contributed by atoms with Gasteiger partial charge in [0.05, 0.1) is 15.9 Å². The molecule has 4 nitrogen and oxygen atoms in total. The highest BCUT2D eigenvalue weighted by Crippen LogP contribution is 2.26. The molecule has 0 bridgehead atoms. The average Bonchev–Trinajstić information content (AvgIpc) is 2.51. The molecule has 5 heteroatoms. The van der Waals surface area contributed by atoms with Crippen LogP contribution < -0.4 is 11.5 Å². The van der Waals surface area contributed by atoms with E-state index in [1.807, 2.05) is 18.2 Å². The molecule has 0 aliphatic carbocycles. The second-order valence-electron chi connectivity index (χ2n) is 2.51. The van der Waals surface area contributed by atoms with Gasteiger partial charge in [-0.3, -0.25) is 0 Å². The van der Waals surface area contributed by atoms with E-state index < -0.39 is 0 Å². The van der Waals surface area contributed by atoms with Crippen LogP contribution in [0.15, 0.2) is 28.7 Å². The first kappa shape index (κ1) is 8.00. The second-order valence-corrected chi connectivity index (χ2v) is 3.40. The van der Waals surface area contributed by atoms with Crippen molar-refractivity contribution in [2.24, 2.45) is 16.5 Å². The molecular weight excluding hydrogens is 184 g/mol. The highest BCUT2D eigenvalue weighted by molar-refractivity contribution is 7.16. The first-order chi connectivity index (χ1) is 6.27. The van der Waals surface area contributed by atoms with Crippen LogP contribution in [-0.2, 0) is 0 Å². The number of para-hydroxylation sites is 1. The van der Waals surface area contributed by atoms with Crippen LogP contribution in [0.5, 0.6) is 0 Å². The molecule has 1 heterocycles. The van der Waals surface area contributed by atoms with Gasteiger partial charge in [-0.15, -0.1) is 11.3 Å². The maximum atomic E-state index is 5.29. The van der Waals surface area contributed by atoms with Crippen LogP contribution in [0, 0.1) is 0 Å². The van der Waals surface area contributed by atoms with Crippen LogP contribution in [-0.4, -0.2) is 10.9 Å². The first-order valence-electron chi connectivity index (χ1n) is 3.69. The van der Waals surface area contributed by atoms with Crippen molar-refractivity contribution in [1.82, 2.24) is 4.98 Å². The number of rotatable bonds is 1. The minimum Gasteiger partial charge on any atom is -0.370 e. The predicted octanol–water partition coefficient (Wildman–Crippen LogP) is 1.20. The summed E-state index contributed by atoms with van der Waals surface area (Å²) in [6, 6.07) is 5.72. The second kappa shape index (κ2) is 3.02. The quantitative estimate of drug-likeness (QED) is 0.526. The largest absolute Gasteiger partial charge is 0.370 e. The molecule has 13 heavy (non-hydrogen) atoms. The Kier molecular flexibility index (Phi) is 1.86. The molecule has 0 amide bonds. The van der Waals surface area contributed by atoms with Crippen molar-refractivity contribution >= 4 is 33.2 Å². The molecule has 0 fully saturated rings. The lowest BCUT2D eigenvalue weighted by Gasteiger charge is -1.95. The Labute approximate surface area is 78.9 Å². The van der Waals surface area contributed by atoms with E-state index in [1.165, 1.54) is 0 Å². The molecule has 2 aromatic rings. The zero-order valence-electron chi connectivity index (χ0n) is 6.77. The Morgan fingerprint density at radius 1 is 1.38 bits per heavy atom. The Morgan fingerprint density at radius 3 is 3.00 bits per heavy atom. The van der Waals surface area contributed by atoms with Gasteiger partial charge in [0, 0.05) is 0 Å². The van der Waals surface area contributed by atoms with E-state index in [0.29, 0.717) is 0 Å². The van der Waals surface area contributed by atoms with E-state index in [-0.39, 0.29) is 5.96 Å². The van der Waals surface area contributed by atoms with Gasteiger partial charge in [-0.1, -0.05) is 6.07 Å². The van der Waals surface area contributed by atoms with Crippen molar-refractivity contribution in [3.05, 3.63) is 23.7 Å². The van der Waals surface area contributed by atoms with E-state index in [4.69, 9.17) is 11.5 Å². The molecule has 0 saturated heterocycles. The number of nitrogens with zero attached hydrogens (tertiary/aromatic N) is 2. The normalized spacial score (nSPS) is 10.2. The zero-order valence-corrected chi connectivity index (χ0v) is 7.58. The van der Waals surface area contributed by atoms with Gasteiger partial charge in [-0.2, -0.15) is 0 Å². The number of fused-ring (bicyclic) bond motifs is 1. The van der Waals surface area contributed by atoms with Gasteiger partial charge in [0.1, 0.15) is 5.52 Å². The average molecular weight is 192 g/mol. The molecule has 1 aromatic heterocycles. The highest BCUT2D eigenvalue weighted by Gasteiger charge is 2.01. The Morgan fingerprint density at radius 2 is 2.23 bits per heavy atom. The SMILES string of the molecule is NC(N)=Nc1cccc2scnc12. The minimum absolute atomic E-state index is 0.0560. The number of aliphatic imine (C=N–C) groups is 1. The van der Waals surface area contributed by atoms with Gasteiger partial charge >= 0.3 is 0 Å². The van der Waals surface area contributed by atoms with Crippen molar-refractivity contribution < 1.29 is 0 Å². The monoisotopic (exact) mass is 192 g/mol. The smallest absolute Gasteiger partial charge is 0.191 e. The van der Waals surface area contributed by atoms with Crippen molar-refractivity contribution in [3.63, 3.8) is 0 Å². The zero-order chi connectivity index (χ0) is 9.26. The molecule has 66 valence electrons. The van der Waals surface area contributed by atoms with E-state index >= 15 is 0 Å². The number of thiazole rings is 1. The number of guanidine groups is 1. The van der Waals surface area contributed by atoms with Crippen LogP contribution in [0.1, 0.15) is 0 Å². The summed E-state index contributed by atoms with van der Waals surface area (Å²) in [6.07, 6.45) is 0. The summed E-state index contributed by atoms with van der Waals surface area (Å²) in [6.45, 7) is 0. The van der Waals surface area contributed by atoms with Crippen molar-refractivity contribution in [2.45, 2.75) is 0 Å². The maximum absolute atomic E-state index is 5.29. The van der Waals surface area contributed by atoms with E-state index in [2.05, 4.69) is 9.98 Å². The van der Waals surface area contributed by atoms with E-state index in [9.17, 15) is 0 Å². The lowest BCUT2D eigenvalue weighted by molar-refractivity contribution is 1.41. The molecule has 0 atom stereocenters. The number of hydrogen-bond acceptors (Lipinski definition) is 3. The molecule has 0 aliphatic rings. The number of hydrogen-bond donors (Lipinski definition) is 2. The van der Waals surface area contributed by atoms with Crippen LogP contribution in [0.3, 0.4) is 0 Å². The summed E-state index contributed by atoms with van der Waals surface area (Å²) >= 11 is 1.57. The van der Waals surface area contributed by atoms with Crippen molar-refractivity contribution in [2.75, 3.05) is 0 Å². The fourth-order valence-corrected chi connectivity index (χ4v) is 1.80. The summed E-state index contributed by atoms with van der Waals surface area (Å²) in [5.41, 5.74) is 13.9. The van der Waals surface area contributed by atoms with Crippen molar-refractivity contribution in [3.8, 4) is 0 Å². The summed E-state index contributed by atoms with van der Waals surface area (Å²) in [4.78, 5) is 8.15. The number of aromatic nitrogens is 1. The Bertz CT molecular complexity index is 456. The standard InChI is InChI=1S/C8H8N4S/c9-8(10)12-5-2-1-3-6-7(5)11-4-13-6/h1-4H,(H4,9,10,12). The fourth-order valence-electron chi connectivity index (χ4n) is 1.10. The fraction of sp³-hybridized carbons (Fsp3) is 0. The molecule has 2 rings (SSSR count). The van der Waals surface area contributed by atoms with Gasteiger partial charge in [-0.25, -0.2) is 9.98 Å². The topological polar surface area (TPSA) is 77.3 Å². The number of nitrogens with two attached hydrogens (primary N) is 2. The lowest BCUT2D eigenvalue weighted by Crippen LogP contribution is -2.21. The highest BCUT2D eigenvalue weighted by atomic mass is 32.1. The van der Waals surface area contributed by atoms with Gasteiger partial charge < -0.3 is 11.5 Å². The molecular formula is C8H8N4S. The van der Waals surface area contributed by atoms with Crippen LogP contribution in [0.4, 0.5) is 5.69 Å². The Hall–Kier alpha value is -1.62. The summed E-state index contributed by atoms with van der Waals surface area (Å²) in [5.74, 6) is 0.0560. The third kappa shape index (κ3) is 1.46. The van der Waals surface area contributed by atoms with Gasteiger partial charge in [0.2, 0.25) is 0 Å². The maximum Gasteiger partial charge on any atom is 0.191 e. The van der Waals surface area contributed by atoms with Crippen LogP contribution in [0.25, 0.3) is 10.2 Å². The molecule has 0 aliphatic heterocycles. The van der Waals surface area contributed by atoms with E-state index in [0.717, 1.165) is 15.9 Å². The summed E-state index contributed by atoms with van der Waals surface area (Å²) < 4.78 is 1.09. The molecule has 0 saturated carbocycles. The van der Waals surface area contributed by atoms with E-state index in [1.54, 1.807) is 16.8 Å². The van der Waals surface area contributed by atoms with Crippen molar-refractivity contribution in [1.29, 1.82) is 0 Å².